The van der Waals surface area contributed by atoms with E-state index in [0.29, 0.717) is 13.0 Å². The number of ether oxygens (including phenoxy) is 1. The number of hydrogen-bond donors (Lipinski definition) is 0. The van der Waals surface area contributed by atoms with Gasteiger partial charge in [-0.1, -0.05) is 24.3 Å². The molecule has 0 radical (unpaired) electrons. The van der Waals surface area contributed by atoms with Crippen LogP contribution in [0.1, 0.15) is 25.3 Å². The lowest BCUT2D eigenvalue weighted by Gasteiger charge is -2.27. The van der Waals surface area contributed by atoms with Crippen LogP contribution in [0.5, 0.6) is 0 Å². The first-order valence-electron chi connectivity index (χ1n) is 8.76. The number of para-hydroxylation sites is 1. The van der Waals surface area contributed by atoms with Gasteiger partial charge in [-0.2, -0.15) is 0 Å². The first kappa shape index (κ1) is 16.8. The Morgan fingerprint density at radius 3 is 2.96 bits per heavy atom. The van der Waals surface area contributed by atoms with Crippen molar-refractivity contribution < 1.29 is 9.53 Å². The molecule has 0 saturated heterocycles. The van der Waals surface area contributed by atoms with E-state index in [2.05, 4.69) is 53.1 Å². The Balaban J connectivity index is 1.59. The molecule has 0 amide bonds. The normalized spacial score (nSPS) is 15.5. The molecule has 3 rings (SSSR count). The minimum atomic E-state index is -0.111. The second-order valence-corrected chi connectivity index (χ2v) is 6.44. The van der Waals surface area contributed by atoms with Crippen molar-refractivity contribution in [2.75, 3.05) is 26.2 Å². The molecule has 2 aromatic rings. The average Bonchev–Trinajstić information content (AvgIpc) is 2.90. The quantitative estimate of drug-likeness (QED) is 0.603. The van der Waals surface area contributed by atoms with Gasteiger partial charge in [0, 0.05) is 43.8 Å². The highest BCUT2D eigenvalue weighted by Gasteiger charge is 2.16. The smallest absolute Gasteiger partial charge is 0.309 e. The van der Waals surface area contributed by atoms with E-state index in [4.69, 9.17) is 4.74 Å². The summed E-state index contributed by atoms with van der Waals surface area (Å²) in [6.45, 7) is 5.27. The van der Waals surface area contributed by atoms with Gasteiger partial charge in [-0.25, -0.2) is 0 Å². The minimum absolute atomic E-state index is 0.111. The number of esters is 1. The van der Waals surface area contributed by atoms with Crippen LogP contribution in [-0.4, -0.2) is 41.7 Å². The highest BCUT2D eigenvalue weighted by atomic mass is 16.5. The summed E-state index contributed by atoms with van der Waals surface area (Å²) in [4.78, 5) is 14.1. The van der Waals surface area contributed by atoms with Crippen LogP contribution < -0.4 is 0 Å². The number of hydrogen-bond acceptors (Lipinski definition) is 3. The molecule has 0 unspecified atom stereocenters. The molecular weight excluding hydrogens is 300 g/mol. The van der Waals surface area contributed by atoms with E-state index in [1.807, 2.05) is 6.92 Å². The first-order chi connectivity index (χ1) is 11.7. The van der Waals surface area contributed by atoms with Crippen LogP contribution in [0.3, 0.4) is 0 Å². The molecule has 1 aromatic heterocycles. The second kappa shape index (κ2) is 7.67. The number of nitrogens with zero attached hydrogens (tertiary/aromatic N) is 2. The van der Waals surface area contributed by atoms with Gasteiger partial charge in [0.1, 0.15) is 0 Å². The molecule has 2 heterocycles. The van der Waals surface area contributed by atoms with Crippen molar-refractivity contribution in [3.8, 4) is 0 Å². The zero-order chi connectivity index (χ0) is 16.9. The van der Waals surface area contributed by atoms with Crippen LogP contribution in [-0.2, 0) is 23.0 Å². The maximum atomic E-state index is 11.7. The third-order valence-corrected chi connectivity index (χ3v) is 4.66. The van der Waals surface area contributed by atoms with Crippen molar-refractivity contribution in [2.45, 2.75) is 26.2 Å². The number of carbonyl (C=O) groups excluding carboxylic acids is 1. The zero-order valence-electron chi connectivity index (χ0n) is 14.6. The molecule has 4 heteroatoms. The maximum absolute atomic E-state index is 11.7. The third-order valence-electron chi connectivity index (χ3n) is 4.66. The van der Waals surface area contributed by atoms with Crippen molar-refractivity contribution in [3.63, 3.8) is 0 Å². The first-order valence-corrected chi connectivity index (χ1v) is 8.76. The number of aromatic nitrogens is 1. The lowest BCUT2D eigenvalue weighted by atomic mass is 10.1. The van der Waals surface area contributed by atoms with Gasteiger partial charge in [-0.05, 0) is 37.0 Å². The van der Waals surface area contributed by atoms with E-state index in [9.17, 15) is 4.79 Å². The van der Waals surface area contributed by atoms with Gasteiger partial charge in [-0.3, -0.25) is 9.69 Å². The summed E-state index contributed by atoms with van der Waals surface area (Å²) >= 11 is 0. The minimum Gasteiger partial charge on any atom is -0.466 e. The van der Waals surface area contributed by atoms with Crippen LogP contribution in [0.2, 0.25) is 0 Å². The number of fused-ring (bicyclic) bond motifs is 1. The fraction of sp³-hybridized carbons (Fsp3) is 0.450. The Labute approximate surface area is 143 Å². The van der Waals surface area contributed by atoms with Crippen molar-refractivity contribution >= 4 is 16.9 Å². The number of aryl methyl sites for hydroxylation is 1. The van der Waals surface area contributed by atoms with Crippen LogP contribution in [0.15, 0.2) is 42.1 Å². The monoisotopic (exact) mass is 326 g/mol. The Hall–Kier alpha value is -2.07. The largest absolute Gasteiger partial charge is 0.466 e. The fourth-order valence-electron chi connectivity index (χ4n) is 3.50. The summed E-state index contributed by atoms with van der Waals surface area (Å²) in [7, 11) is 2.10. The van der Waals surface area contributed by atoms with E-state index < -0.39 is 0 Å². The Morgan fingerprint density at radius 2 is 2.12 bits per heavy atom. The molecule has 4 nitrogen and oxygen atoms in total. The molecule has 0 fully saturated rings. The molecule has 0 saturated carbocycles. The van der Waals surface area contributed by atoms with Gasteiger partial charge in [0.05, 0.1) is 13.0 Å². The summed E-state index contributed by atoms with van der Waals surface area (Å²) in [6, 6.07) is 8.56. The highest BCUT2D eigenvalue weighted by molar-refractivity contribution is 5.83. The van der Waals surface area contributed by atoms with Gasteiger partial charge in [-0.15, -0.1) is 0 Å². The Kier molecular flexibility index (Phi) is 5.36. The van der Waals surface area contributed by atoms with Gasteiger partial charge >= 0.3 is 5.97 Å². The van der Waals surface area contributed by atoms with Crippen LogP contribution in [0.4, 0.5) is 0 Å². The molecular formula is C20H26N2O2. The summed E-state index contributed by atoms with van der Waals surface area (Å²) in [5.74, 6) is -0.111. The topological polar surface area (TPSA) is 34.5 Å². The van der Waals surface area contributed by atoms with E-state index >= 15 is 0 Å². The van der Waals surface area contributed by atoms with Crippen LogP contribution in [0.25, 0.3) is 10.9 Å². The molecule has 24 heavy (non-hydrogen) atoms. The molecule has 1 aromatic carbocycles. The molecule has 1 aliphatic rings. The lowest BCUT2D eigenvalue weighted by Crippen LogP contribution is -2.32. The predicted octanol–water partition coefficient (Wildman–Crippen LogP) is 3.31. The van der Waals surface area contributed by atoms with Gasteiger partial charge < -0.3 is 9.30 Å². The molecule has 0 spiro atoms. The molecule has 1 aliphatic heterocycles. The zero-order valence-corrected chi connectivity index (χ0v) is 14.6. The second-order valence-electron chi connectivity index (χ2n) is 6.44. The Morgan fingerprint density at radius 1 is 1.29 bits per heavy atom. The summed E-state index contributed by atoms with van der Waals surface area (Å²) < 4.78 is 7.26. The lowest BCUT2D eigenvalue weighted by molar-refractivity contribution is -0.142. The molecule has 0 atom stereocenters. The van der Waals surface area contributed by atoms with E-state index in [-0.39, 0.29) is 5.97 Å². The van der Waals surface area contributed by atoms with E-state index in [1.165, 1.54) is 22.0 Å². The number of benzene rings is 1. The molecule has 0 aliphatic carbocycles. The third kappa shape index (κ3) is 3.88. The average molecular weight is 326 g/mol. The standard InChI is InChI=1S/C20H26N2O2/c1-3-24-20(23)13-16-7-6-11-22(14-16)12-10-17-15-21(2)19-9-5-4-8-18(17)19/h4-5,7-9,15H,3,6,10-14H2,1-2H3. The van der Waals surface area contributed by atoms with Crippen LogP contribution >= 0.6 is 0 Å². The number of carbonyl (C=O) groups is 1. The number of rotatable bonds is 6. The van der Waals surface area contributed by atoms with Crippen molar-refractivity contribution in [1.82, 2.24) is 9.47 Å². The SMILES string of the molecule is CCOC(=O)CC1=CCCN(CCc2cn(C)c3ccccc23)C1. The van der Waals surface area contributed by atoms with Gasteiger partial charge in [0.25, 0.3) is 0 Å². The summed E-state index contributed by atoms with van der Waals surface area (Å²) in [5, 5.41) is 1.35. The molecule has 0 N–H and O–H groups in total. The van der Waals surface area contributed by atoms with E-state index in [0.717, 1.165) is 32.5 Å². The maximum Gasteiger partial charge on any atom is 0.309 e. The van der Waals surface area contributed by atoms with Crippen molar-refractivity contribution in [2.24, 2.45) is 7.05 Å². The highest BCUT2D eigenvalue weighted by Crippen LogP contribution is 2.21. The molecule has 128 valence electrons. The summed E-state index contributed by atoms with van der Waals surface area (Å²) in [5.41, 5.74) is 3.88. The predicted molar refractivity (Wildman–Crippen MR) is 97.0 cm³/mol. The summed E-state index contributed by atoms with van der Waals surface area (Å²) in [6.07, 6.45) is 6.92. The fourth-order valence-corrected chi connectivity index (χ4v) is 3.50. The molecule has 0 bridgehead atoms. The van der Waals surface area contributed by atoms with E-state index in [1.54, 1.807) is 0 Å². The van der Waals surface area contributed by atoms with Crippen LogP contribution in [0, 0.1) is 0 Å². The van der Waals surface area contributed by atoms with Crippen molar-refractivity contribution in [1.29, 1.82) is 0 Å². The van der Waals surface area contributed by atoms with Crippen molar-refractivity contribution in [3.05, 3.63) is 47.7 Å². The van der Waals surface area contributed by atoms with Gasteiger partial charge in [0.15, 0.2) is 0 Å². The van der Waals surface area contributed by atoms with Gasteiger partial charge in [0.2, 0.25) is 0 Å². The Bertz CT molecular complexity index is 745.